The third-order valence-electron chi connectivity index (χ3n) is 9.98. The van der Waals surface area contributed by atoms with Crippen molar-refractivity contribution < 1.29 is 19.1 Å². The lowest BCUT2D eigenvalue weighted by molar-refractivity contribution is -0.120. The van der Waals surface area contributed by atoms with Crippen LogP contribution in [0, 0.1) is 24.7 Å². The van der Waals surface area contributed by atoms with Crippen LogP contribution in [-0.2, 0) is 20.8 Å². The number of Topliss-reactive ketones (excluding diaryl/α,β-unsaturated/α-hetero) is 2. The number of ketones is 2. The van der Waals surface area contributed by atoms with Crippen molar-refractivity contribution in [1.29, 1.82) is 0 Å². The van der Waals surface area contributed by atoms with Crippen molar-refractivity contribution in [1.82, 2.24) is 4.90 Å². The first-order valence-corrected chi connectivity index (χ1v) is 18.5. The van der Waals surface area contributed by atoms with Crippen LogP contribution in [0.25, 0.3) is 0 Å². The monoisotopic (exact) mass is 786 g/mol. The molecular formula is C41H44Br2N2O4. The molecule has 6 nitrogen and oxygen atoms in total. The average Bonchev–Trinajstić information content (AvgIpc) is 3.00. The van der Waals surface area contributed by atoms with E-state index in [1.165, 1.54) is 5.56 Å². The van der Waals surface area contributed by atoms with Gasteiger partial charge in [-0.15, -0.1) is 0 Å². The minimum absolute atomic E-state index is 0.0553. The standard InChI is InChI=1S/C41H44Br2N2O4/c1-24-12-13-28(16-25(24)2)44-35(48)23-49-39-29(17-27(42)18-30(39)43)36-37-31(19-40(3,4)21-33(37)46)45(15-14-26-10-8-7-9-11-26)32-20-41(5,6)22-34(47)38(32)36/h7-13,16-18,36H,14-15,19-23H2,1-6H3,(H,44,48). The maximum absolute atomic E-state index is 14.4. The molecule has 0 spiro atoms. The molecule has 0 saturated carbocycles. The van der Waals surface area contributed by atoms with Crippen LogP contribution in [0.1, 0.15) is 81.5 Å². The first-order valence-electron chi connectivity index (χ1n) is 17.0. The lowest BCUT2D eigenvalue weighted by Crippen LogP contribution is -2.45. The molecular weight excluding hydrogens is 744 g/mol. The summed E-state index contributed by atoms with van der Waals surface area (Å²) in [5.74, 6) is -0.350. The third kappa shape index (κ3) is 7.51. The number of amides is 1. The Morgan fingerprint density at radius 1 is 0.837 bits per heavy atom. The van der Waals surface area contributed by atoms with Crippen molar-refractivity contribution in [2.45, 2.75) is 79.6 Å². The minimum Gasteiger partial charge on any atom is -0.482 e. The van der Waals surface area contributed by atoms with E-state index in [4.69, 9.17) is 4.74 Å². The van der Waals surface area contributed by atoms with Crippen molar-refractivity contribution in [2.24, 2.45) is 10.8 Å². The molecule has 1 N–H and O–H groups in total. The van der Waals surface area contributed by atoms with Crippen LogP contribution in [0.3, 0.4) is 0 Å². The number of halogens is 2. The van der Waals surface area contributed by atoms with E-state index in [2.05, 4.69) is 81.9 Å². The Bertz CT molecular complexity index is 1850. The van der Waals surface area contributed by atoms with Crippen molar-refractivity contribution in [2.75, 3.05) is 18.5 Å². The molecule has 6 rings (SSSR count). The summed E-state index contributed by atoms with van der Waals surface area (Å²) in [6.07, 6.45) is 3.00. The van der Waals surface area contributed by atoms with Gasteiger partial charge in [0.1, 0.15) is 5.75 Å². The van der Waals surface area contributed by atoms with Crippen LogP contribution in [0.2, 0.25) is 0 Å². The lowest BCUT2D eigenvalue weighted by atomic mass is 9.63. The molecule has 0 bridgehead atoms. The number of nitrogens with one attached hydrogen (secondary N) is 1. The van der Waals surface area contributed by atoms with E-state index in [0.717, 1.165) is 33.4 Å². The number of benzene rings is 3. The Kier molecular flexibility index (Phi) is 9.86. The molecule has 0 fully saturated rings. The fourth-order valence-electron chi connectivity index (χ4n) is 7.62. The van der Waals surface area contributed by atoms with Gasteiger partial charge in [0.2, 0.25) is 0 Å². The van der Waals surface area contributed by atoms with Gasteiger partial charge in [-0.25, -0.2) is 0 Å². The van der Waals surface area contributed by atoms with E-state index >= 15 is 0 Å². The largest absolute Gasteiger partial charge is 0.482 e. The highest BCUT2D eigenvalue weighted by Crippen LogP contribution is 2.56. The number of carbonyl (C=O) groups is 3. The van der Waals surface area contributed by atoms with Crippen LogP contribution in [0.4, 0.5) is 5.69 Å². The van der Waals surface area contributed by atoms with Crippen molar-refractivity contribution in [3.05, 3.63) is 114 Å². The quantitative estimate of drug-likeness (QED) is 0.246. The van der Waals surface area contributed by atoms with Gasteiger partial charge in [0.15, 0.2) is 18.2 Å². The van der Waals surface area contributed by atoms with Crippen molar-refractivity contribution in [3.8, 4) is 5.75 Å². The number of aryl methyl sites for hydroxylation is 2. The highest BCUT2D eigenvalue weighted by atomic mass is 79.9. The van der Waals surface area contributed by atoms with E-state index in [1.807, 2.05) is 62.4 Å². The fourth-order valence-corrected chi connectivity index (χ4v) is 8.99. The van der Waals surface area contributed by atoms with Crippen LogP contribution < -0.4 is 10.1 Å². The maximum Gasteiger partial charge on any atom is 0.262 e. The SMILES string of the molecule is Cc1ccc(NC(=O)COc2c(Br)cc(Br)cc2C2C3=C(CC(C)(C)CC3=O)N(CCc3ccccc3)C3=C2C(=O)CC(C)(C)C3)cc1C. The molecule has 0 aromatic heterocycles. The van der Waals surface area contributed by atoms with Gasteiger partial charge in [-0.1, -0.05) is 80.0 Å². The Hall–Kier alpha value is -3.49. The summed E-state index contributed by atoms with van der Waals surface area (Å²) in [5, 5.41) is 2.94. The van der Waals surface area contributed by atoms with Gasteiger partial charge >= 0.3 is 0 Å². The summed E-state index contributed by atoms with van der Waals surface area (Å²) in [7, 11) is 0. The van der Waals surface area contributed by atoms with Crippen molar-refractivity contribution in [3.63, 3.8) is 0 Å². The summed E-state index contributed by atoms with van der Waals surface area (Å²) in [4.78, 5) is 44.3. The van der Waals surface area contributed by atoms with E-state index in [1.54, 1.807) is 0 Å². The third-order valence-corrected chi connectivity index (χ3v) is 11.0. The number of nitrogens with zero attached hydrogens (tertiary/aromatic N) is 1. The summed E-state index contributed by atoms with van der Waals surface area (Å²) < 4.78 is 7.77. The molecule has 3 aliphatic rings. The number of hydrogen-bond acceptors (Lipinski definition) is 5. The number of ether oxygens (including phenoxy) is 1. The van der Waals surface area contributed by atoms with Gasteiger partial charge in [-0.3, -0.25) is 14.4 Å². The lowest BCUT2D eigenvalue weighted by Gasteiger charge is -2.49. The Balaban J connectivity index is 1.45. The second-order valence-corrected chi connectivity index (χ2v) is 17.1. The zero-order chi connectivity index (χ0) is 35.2. The van der Waals surface area contributed by atoms with E-state index in [9.17, 15) is 14.4 Å². The van der Waals surface area contributed by atoms with Gasteiger partial charge in [-0.05, 0) is 101 Å². The molecule has 1 heterocycles. The van der Waals surface area contributed by atoms with E-state index in [-0.39, 0.29) is 34.9 Å². The maximum atomic E-state index is 14.4. The summed E-state index contributed by atoms with van der Waals surface area (Å²) in [6.45, 7) is 13.1. The smallest absolute Gasteiger partial charge is 0.262 e. The number of rotatable bonds is 8. The molecule has 0 unspecified atom stereocenters. The van der Waals surface area contributed by atoms with Gasteiger partial charge < -0.3 is 15.0 Å². The molecule has 0 saturated heterocycles. The first-order chi connectivity index (χ1) is 23.1. The predicted octanol–water partition coefficient (Wildman–Crippen LogP) is 9.77. The summed E-state index contributed by atoms with van der Waals surface area (Å²) in [6, 6.07) is 20.0. The van der Waals surface area contributed by atoms with Crippen molar-refractivity contribution >= 4 is 55.0 Å². The summed E-state index contributed by atoms with van der Waals surface area (Å²) in [5.41, 5.74) is 7.72. The zero-order valence-corrected chi connectivity index (χ0v) is 32.3. The van der Waals surface area contributed by atoms with Crippen LogP contribution in [-0.4, -0.2) is 35.5 Å². The molecule has 0 atom stereocenters. The number of carbonyl (C=O) groups excluding carboxylic acids is 3. The fraction of sp³-hybridized carbons (Fsp3) is 0.390. The highest BCUT2D eigenvalue weighted by molar-refractivity contribution is 9.11. The molecule has 256 valence electrons. The van der Waals surface area contributed by atoms with E-state index in [0.29, 0.717) is 64.8 Å². The minimum atomic E-state index is -0.614. The zero-order valence-electron chi connectivity index (χ0n) is 29.1. The molecule has 3 aromatic rings. The molecule has 49 heavy (non-hydrogen) atoms. The van der Waals surface area contributed by atoms with Gasteiger partial charge in [-0.2, -0.15) is 0 Å². The van der Waals surface area contributed by atoms with Gasteiger partial charge in [0, 0.05) is 63.6 Å². The number of anilines is 1. The Morgan fingerprint density at radius 3 is 2.04 bits per heavy atom. The molecule has 8 heteroatoms. The highest BCUT2D eigenvalue weighted by Gasteiger charge is 2.49. The van der Waals surface area contributed by atoms with Crippen LogP contribution >= 0.6 is 31.9 Å². The first kappa shape index (κ1) is 35.3. The average molecular weight is 789 g/mol. The van der Waals surface area contributed by atoms with E-state index < -0.39 is 5.92 Å². The van der Waals surface area contributed by atoms with Gasteiger partial charge in [0.05, 0.1) is 4.47 Å². The molecule has 2 aliphatic carbocycles. The Labute approximate surface area is 306 Å². The van der Waals surface area contributed by atoms with Crippen LogP contribution in [0.15, 0.2) is 92.1 Å². The van der Waals surface area contributed by atoms with Crippen LogP contribution in [0.5, 0.6) is 5.75 Å². The Morgan fingerprint density at radius 2 is 1.45 bits per heavy atom. The second kappa shape index (κ2) is 13.7. The number of hydrogen-bond donors (Lipinski definition) is 1. The predicted molar refractivity (Wildman–Crippen MR) is 202 cm³/mol. The summed E-state index contributed by atoms with van der Waals surface area (Å²) >= 11 is 7.38. The normalized spacial score (nSPS) is 18.7. The topological polar surface area (TPSA) is 75.7 Å². The van der Waals surface area contributed by atoms with Gasteiger partial charge in [0.25, 0.3) is 5.91 Å². The molecule has 3 aromatic carbocycles. The molecule has 1 amide bonds. The molecule has 1 aliphatic heterocycles. The molecule has 0 radical (unpaired) electrons. The second-order valence-electron chi connectivity index (χ2n) is 15.4. The number of allylic oxidation sites excluding steroid dienone is 4.